The van der Waals surface area contributed by atoms with Crippen molar-refractivity contribution in [2.75, 3.05) is 0 Å². The summed E-state index contributed by atoms with van der Waals surface area (Å²) >= 11 is 0. The van der Waals surface area contributed by atoms with Crippen LogP contribution in [-0.2, 0) is 4.65 Å². The molecule has 0 aromatic heterocycles. The van der Waals surface area contributed by atoms with Crippen molar-refractivity contribution in [3.8, 4) is 5.75 Å². The Balaban J connectivity index is 2.11. The molecule has 3 nitrogen and oxygen atoms in total. The first-order valence-electron chi connectivity index (χ1n) is 8.78. The van der Waals surface area contributed by atoms with Gasteiger partial charge in [-0.15, -0.1) is 0 Å². The maximum absolute atomic E-state index is 13.5. The average Bonchev–Trinajstić information content (AvgIpc) is 2.56. The lowest BCUT2D eigenvalue weighted by Crippen LogP contribution is -2.31. The van der Waals surface area contributed by atoms with Crippen molar-refractivity contribution in [1.29, 1.82) is 0 Å². The van der Waals surface area contributed by atoms with Crippen molar-refractivity contribution < 1.29 is 19.2 Å². The van der Waals surface area contributed by atoms with E-state index in [1.165, 1.54) is 17.7 Å². The number of allylic oxidation sites excluding steroid dienone is 2. The third kappa shape index (κ3) is 5.58. The maximum atomic E-state index is 13.5. The first kappa shape index (κ1) is 19.5. The number of benzene rings is 1. The molecule has 0 fully saturated rings. The van der Waals surface area contributed by atoms with Crippen molar-refractivity contribution in [3.63, 3.8) is 0 Å². The van der Waals surface area contributed by atoms with Gasteiger partial charge in [-0.05, 0) is 49.5 Å². The van der Waals surface area contributed by atoms with E-state index in [4.69, 9.17) is 4.65 Å². The number of phenolic OH excluding ortho intramolecular Hbond substituents is 1. The molecule has 1 aromatic carbocycles. The van der Waals surface area contributed by atoms with Crippen LogP contribution in [0.5, 0.6) is 5.75 Å². The van der Waals surface area contributed by atoms with Crippen LogP contribution in [0.15, 0.2) is 47.6 Å². The van der Waals surface area contributed by atoms with Crippen LogP contribution in [0.2, 0.25) is 6.32 Å². The lowest BCUT2D eigenvalue weighted by atomic mass is 9.78. The van der Waals surface area contributed by atoms with Gasteiger partial charge in [0, 0.05) is 6.32 Å². The fourth-order valence-electron chi connectivity index (χ4n) is 3.11. The van der Waals surface area contributed by atoms with Gasteiger partial charge in [0.1, 0.15) is 0 Å². The molecule has 2 rings (SSSR count). The fourth-order valence-corrected chi connectivity index (χ4v) is 3.11. The molecule has 0 bridgehead atoms. The van der Waals surface area contributed by atoms with Crippen LogP contribution >= 0.6 is 0 Å². The highest BCUT2D eigenvalue weighted by Crippen LogP contribution is 2.28. The van der Waals surface area contributed by atoms with Gasteiger partial charge in [0.15, 0.2) is 11.6 Å². The van der Waals surface area contributed by atoms with Crippen LogP contribution < -0.4 is 0 Å². The zero-order chi connectivity index (χ0) is 18.4. The van der Waals surface area contributed by atoms with Gasteiger partial charge in [0.25, 0.3) is 0 Å². The predicted octanol–water partition coefficient (Wildman–Crippen LogP) is 4.88. The monoisotopic (exact) mass is 344 g/mol. The maximum Gasteiger partial charge on any atom is 0.458 e. The third-order valence-corrected chi connectivity index (χ3v) is 4.34. The number of aromatic hydroxyl groups is 1. The van der Waals surface area contributed by atoms with Gasteiger partial charge < -0.3 is 14.8 Å². The first-order valence-corrected chi connectivity index (χ1v) is 8.78. The molecule has 1 aliphatic heterocycles. The summed E-state index contributed by atoms with van der Waals surface area (Å²) in [5.41, 5.74) is 3.94. The van der Waals surface area contributed by atoms with Crippen LogP contribution in [0.1, 0.15) is 45.1 Å². The molecule has 25 heavy (non-hydrogen) atoms. The summed E-state index contributed by atoms with van der Waals surface area (Å²) in [5, 5.41) is 19.1. The molecule has 0 saturated heterocycles. The van der Waals surface area contributed by atoms with Gasteiger partial charge in [-0.1, -0.05) is 49.3 Å². The predicted molar refractivity (Wildman–Crippen MR) is 101 cm³/mol. The van der Waals surface area contributed by atoms with Crippen molar-refractivity contribution in [2.24, 2.45) is 0 Å². The Morgan fingerprint density at radius 1 is 1.44 bits per heavy atom. The lowest BCUT2D eigenvalue weighted by Gasteiger charge is -2.27. The molecule has 1 aliphatic rings. The Morgan fingerprint density at radius 3 is 2.84 bits per heavy atom. The smallest absolute Gasteiger partial charge is 0.458 e. The molecule has 134 valence electrons. The molecular formula is C20H26BFO3. The minimum absolute atomic E-state index is 0.168. The summed E-state index contributed by atoms with van der Waals surface area (Å²) < 4.78 is 19.2. The van der Waals surface area contributed by atoms with Gasteiger partial charge in [-0.2, -0.15) is 0 Å². The van der Waals surface area contributed by atoms with E-state index in [1.807, 2.05) is 19.1 Å². The number of halogens is 1. The SMILES string of the molecule is C=C(C)C1=CCB(O)OC1CC/C(=C/c1ccc(O)c(F)c1)CCC. The quantitative estimate of drug-likeness (QED) is 0.694. The zero-order valence-corrected chi connectivity index (χ0v) is 15.0. The van der Waals surface area contributed by atoms with E-state index in [1.54, 1.807) is 6.07 Å². The Morgan fingerprint density at radius 2 is 2.20 bits per heavy atom. The largest absolute Gasteiger partial charge is 0.505 e. The minimum atomic E-state index is -0.766. The second kappa shape index (κ2) is 9.02. The van der Waals surface area contributed by atoms with Gasteiger partial charge in [-0.25, -0.2) is 4.39 Å². The summed E-state index contributed by atoms with van der Waals surface area (Å²) in [7, 11) is -0.766. The van der Waals surface area contributed by atoms with E-state index < -0.39 is 12.9 Å². The molecule has 1 heterocycles. The van der Waals surface area contributed by atoms with Crippen LogP contribution in [0.3, 0.4) is 0 Å². The van der Waals surface area contributed by atoms with E-state index in [0.29, 0.717) is 6.32 Å². The second-order valence-electron chi connectivity index (χ2n) is 6.56. The van der Waals surface area contributed by atoms with E-state index in [2.05, 4.69) is 13.5 Å². The number of phenols is 1. The number of hydrogen-bond donors (Lipinski definition) is 2. The molecule has 1 unspecified atom stereocenters. The molecule has 1 aromatic rings. The van der Waals surface area contributed by atoms with Crippen LogP contribution in [0, 0.1) is 5.82 Å². The molecule has 0 saturated carbocycles. The van der Waals surface area contributed by atoms with Crippen molar-refractivity contribution in [2.45, 2.75) is 52.0 Å². The Kier molecular flexibility index (Phi) is 7.03. The highest BCUT2D eigenvalue weighted by Gasteiger charge is 2.27. The Hall–Kier alpha value is -1.85. The van der Waals surface area contributed by atoms with Crippen LogP contribution in [0.25, 0.3) is 6.08 Å². The van der Waals surface area contributed by atoms with E-state index in [0.717, 1.165) is 42.4 Å². The van der Waals surface area contributed by atoms with Crippen LogP contribution in [0.4, 0.5) is 4.39 Å². The third-order valence-electron chi connectivity index (χ3n) is 4.34. The van der Waals surface area contributed by atoms with Gasteiger partial charge in [-0.3, -0.25) is 0 Å². The summed E-state index contributed by atoms with van der Waals surface area (Å²) in [6.07, 6.45) is 7.71. The fraction of sp³-hybridized carbons (Fsp3) is 0.400. The van der Waals surface area contributed by atoms with Crippen LogP contribution in [-0.4, -0.2) is 23.4 Å². The highest BCUT2D eigenvalue weighted by atomic mass is 19.1. The molecule has 0 radical (unpaired) electrons. The summed E-state index contributed by atoms with van der Waals surface area (Å²) in [6.45, 7) is 8.04. The van der Waals surface area contributed by atoms with E-state index >= 15 is 0 Å². The second-order valence-corrected chi connectivity index (χ2v) is 6.56. The normalized spacial score (nSPS) is 18.2. The number of rotatable bonds is 7. The Bertz CT molecular complexity index is 682. The molecule has 0 aliphatic carbocycles. The standard InChI is InChI=1S/C20H26BFO3/c1-4-5-15(12-16-6-8-19(23)18(22)13-16)7-9-20-17(14(2)3)10-11-21(24)25-20/h6,8,10,12-13,20,23-24H,2,4-5,7,9,11H2,1,3H3/b15-12+. The lowest BCUT2D eigenvalue weighted by molar-refractivity contribution is 0.183. The average molecular weight is 344 g/mol. The molecule has 0 spiro atoms. The van der Waals surface area contributed by atoms with Crippen molar-refractivity contribution in [3.05, 3.63) is 59.0 Å². The Labute approximate surface area is 149 Å². The first-order chi connectivity index (χ1) is 11.9. The van der Waals surface area contributed by atoms with Crippen molar-refractivity contribution in [1.82, 2.24) is 0 Å². The number of hydrogen-bond acceptors (Lipinski definition) is 3. The summed E-state index contributed by atoms with van der Waals surface area (Å²) in [4.78, 5) is 0. The van der Waals surface area contributed by atoms with Gasteiger partial charge in [0.2, 0.25) is 0 Å². The topological polar surface area (TPSA) is 49.7 Å². The van der Waals surface area contributed by atoms with E-state index in [-0.39, 0.29) is 11.9 Å². The summed E-state index contributed by atoms with van der Waals surface area (Å²) in [6, 6.07) is 4.41. The zero-order valence-electron chi connectivity index (χ0n) is 15.0. The summed E-state index contributed by atoms with van der Waals surface area (Å²) in [5.74, 6) is -0.953. The molecule has 0 amide bonds. The minimum Gasteiger partial charge on any atom is -0.505 e. The highest BCUT2D eigenvalue weighted by molar-refractivity contribution is 6.43. The molecular weight excluding hydrogens is 318 g/mol. The van der Waals surface area contributed by atoms with Crippen molar-refractivity contribution >= 4 is 13.2 Å². The molecule has 5 heteroatoms. The van der Waals surface area contributed by atoms with Gasteiger partial charge >= 0.3 is 7.12 Å². The van der Waals surface area contributed by atoms with Gasteiger partial charge in [0.05, 0.1) is 6.10 Å². The molecule has 2 N–H and O–H groups in total. The van der Waals surface area contributed by atoms with E-state index in [9.17, 15) is 14.5 Å². The molecule has 1 atom stereocenters.